The molecule has 0 radical (unpaired) electrons. The summed E-state index contributed by atoms with van der Waals surface area (Å²) in [7, 11) is 1.85. The van der Waals surface area contributed by atoms with Crippen LogP contribution in [0.1, 0.15) is 19.5 Å². The van der Waals surface area contributed by atoms with Crippen LogP contribution >= 0.6 is 0 Å². The van der Waals surface area contributed by atoms with Gasteiger partial charge in [-0.05, 0) is 32.9 Å². The summed E-state index contributed by atoms with van der Waals surface area (Å²) in [6, 6.07) is 9.77. The molecular formula is C15H19N3O. The van der Waals surface area contributed by atoms with Gasteiger partial charge in [0, 0.05) is 24.4 Å². The highest BCUT2D eigenvalue weighted by Gasteiger charge is 2.06. The van der Waals surface area contributed by atoms with Gasteiger partial charge in [0.15, 0.2) is 5.82 Å². The summed E-state index contributed by atoms with van der Waals surface area (Å²) in [5.41, 5.74) is 1.89. The molecule has 1 heterocycles. The zero-order chi connectivity index (χ0) is 13.8. The molecule has 0 saturated heterocycles. The molecule has 0 amide bonds. The fraction of sp³-hybridized carbons (Fsp3) is 0.333. The maximum Gasteiger partial charge on any atom is 0.161 e. The molecule has 4 heteroatoms. The van der Waals surface area contributed by atoms with E-state index < -0.39 is 0 Å². The monoisotopic (exact) mass is 257 g/mol. The Balaban J connectivity index is 2.38. The lowest BCUT2D eigenvalue weighted by Gasteiger charge is -2.11. The van der Waals surface area contributed by atoms with E-state index >= 15 is 0 Å². The van der Waals surface area contributed by atoms with Crippen LogP contribution in [0.15, 0.2) is 30.3 Å². The minimum absolute atomic E-state index is 0.154. The van der Waals surface area contributed by atoms with Gasteiger partial charge in [-0.15, -0.1) is 0 Å². The third-order valence-electron chi connectivity index (χ3n) is 2.57. The SMILES string of the molecule is CNc1cc(C)nc(-c2cccc(OC(C)C)c2)n1. The summed E-state index contributed by atoms with van der Waals surface area (Å²) < 4.78 is 5.69. The summed E-state index contributed by atoms with van der Waals surface area (Å²) in [5.74, 6) is 2.36. The summed E-state index contributed by atoms with van der Waals surface area (Å²) in [6.45, 7) is 5.98. The predicted molar refractivity (Wildman–Crippen MR) is 77.5 cm³/mol. The Bertz CT molecular complexity index is 567. The van der Waals surface area contributed by atoms with Crippen LogP contribution in [-0.2, 0) is 0 Å². The van der Waals surface area contributed by atoms with Gasteiger partial charge in [-0.3, -0.25) is 0 Å². The maximum absolute atomic E-state index is 5.69. The van der Waals surface area contributed by atoms with Crippen LogP contribution in [0.4, 0.5) is 5.82 Å². The number of aromatic nitrogens is 2. The molecule has 1 N–H and O–H groups in total. The number of benzene rings is 1. The molecule has 0 fully saturated rings. The largest absolute Gasteiger partial charge is 0.491 e. The first kappa shape index (κ1) is 13.3. The predicted octanol–water partition coefficient (Wildman–Crippen LogP) is 3.28. The number of hydrogen-bond donors (Lipinski definition) is 1. The Kier molecular flexibility index (Phi) is 4.00. The zero-order valence-corrected chi connectivity index (χ0v) is 11.8. The Labute approximate surface area is 113 Å². The van der Waals surface area contributed by atoms with E-state index in [0.29, 0.717) is 5.82 Å². The van der Waals surface area contributed by atoms with Gasteiger partial charge in [-0.25, -0.2) is 9.97 Å². The third-order valence-corrected chi connectivity index (χ3v) is 2.57. The molecule has 0 aliphatic carbocycles. The van der Waals surface area contributed by atoms with E-state index in [9.17, 15) is 0 Å². The Hall–Kier alpha value is -2.10. The fourth-order valence-corrected chi connectivity index (χ4v) is 1.81. The van der Waals surface area contributed by atoms with E-state index in [4.69, 9.17) is 4.74 Å². The Morgan fingerprint density at radius 3 is 2.63 bits per heavy atom. The summed E-state index contributed by atoms with van der Waals surface area (Å²) >= 11 is 0. The highest BCUT2D eigenvalue weighted by atomic mass is 16.5. The molecule has 0 saturated carbocycles. The Morgan fingerprint density at radius 1 is 1.16 bits per heavy atom. The van der Waals surface area contributed by atoms with Crippen molar-refractivity contribution in [1.82, 2.24) is 9.97 Å². The van der Waals surface area contributed by atoms with Crippen LogP contribution in [0.2, 0.25) is 0 Å². The van der Waals surface area contributed by atoms with Crippen molar-refractivity contribution in [3.63, 3.8) is 0 Å². The summed E-state index contributed by atoms with van der Waals surface area (Å²) in [6.07, 6.45) is 0.154. The Morgan fingerprint density at radius 2 is 1.95 bits per heavy atom. The smallest absolute Gasteiger partial charge is 0.161 e. The third kappa shape index (κ3) is 3.44. The number of anilines is 1. The van der Waals surface area contributed by atoms with Crippen molar-refractivity contribution < 1.29 is 4.74 Å². The number of nitrogens with zero attached hydrogens (tertiary/aromatic N) is 2. The van der Waals surface area contributed by atoms with Gasteiger partial charge in [0.2, 0.25) is 0 Å². The van der Waals surface area contributed by atoms with Crippen LogP contribution in [0.3, 0.4) is 0 Å². The lowest BCUT2D eigenvalue weighted by atomic mass is 10.2. The molecule has 0 atom stereocenters. The molecular weight excluding hydrogens is 238 g/mol. The molecule has 1 aromatic heterocycles. The van der Waals surface area contributed by atoms with Gasteiger partial charge in [0.05, 0.1) is 6.10 Å². The van der Waals surface area contributed by atoms with Gasteiger partial charge in [-0.1, -0.05) is 12.1 Å². The molecule has 0 aliphatic rings. The van der Waals surface area contributed by atoms with Gasteiger partial charge in [0.1, 0.15) is 11.6 Å². The number of rotatable bonds is 4. The maximum atomic E-state index is 5.69. The number of hydrogen-bond acceptors (Lipinski definition) is 4. The topological polar surface area (TPSA) is 47.0 Å². The van der Waals surface area contributed by atoms with E-state index in [1.54, 1.807) is 0 Å². The fourth-order valence-electron chi connectivity index (χ4n) is 1.81. The first-order valence-corrected chi connectivity index (χ1v) is 6.39. The van der Waals surface area contributed by atoms with E-state index in [1.165, 1.54) is 0 Å². The molecule has 1 aromatic carbocycles. The number of aryl methyl sites for hydroxylation is 1. The average molecular weight is 257 g/mol. The first-order valence-electron chi connectivity index (χ1n) is 6.39. The van der Waals surface area contributed by atoms with Crippen molar-refractivity contribution in [2.75, 3.05) is 12.4 Å². The van der Waals surface area contributed by atoms with Gasteiger partial charge < -0.3 is 10.1 Å². The highest BCUT2D eigenvalue weighted by Crippen LogP contribution is 2.23. The van der Waals surface area contributed by atoms with Crippen LogP contribution < -0.4 is 10.1 Å². The van der Waals surface area contributed by atoms with Gasteiger partial charge in [0.25, 0.3) is 0 Å². The summed E-state index contributed by atoms with van der Waals surface area (Å²) in [5, 5.41) is 3.04. The molecule has 100 valence electrons. The van der Waals surface area contributed by atoms with Crippen molar-refractivity contribution in [3.05, 3.63) is 36.0 Å². The van der Waals surface area contributed by atoms with Crippen LogP contribution in [0.5, 0.6) is 5.75 Å². The quantitative estimate of drug-likeness (QED) is 0.913. The summed E-state index contributed by atoms with van der Waals surface area (Å²) in [4.78, 5) is 8.93. The van der Waals surface area contributed by atoms with Crippen LogP contribution in [0, 0.1) is 6.92 Å². The molecule has 19 heavy (non-hydrogen) atoms. The van der Waals surface area contributed by atoms with Crippen LogP contribution in [0.25, 0.3) is 11.4 Å². The molecule has 4 nitrogen and oxygen atoms in total. The second kappa shape index (κ2) is 5.69. The van der Waals surface area contributed by atoms with E-state index in [1.807, 2.05) is 58.2 Å². The normalized spacial score (nSPS) is 10.6. The van der Waals surface area contributed by atoms with Crippen molar-refractivity contribution in [3.8, 4) is 17.1 Å². The van der Waals surface area contributed by atoms with Crippen molar-refractivity contribution >= 4 is 5.82 Å². The minimum atomic E-state index is 0.154. The van der Waals surface area contributed by atoms with Gasteiger partial charge in [-0.2, -0.15) is 0 Å². The molecule has 0 aliphatic heterocycles. The van der Waals surface area contributed by atoms with Gasteiger partial charge >= 0.3 is 0 Å². The number of nitrogens with one attached hydrogen (secondary N) is 1. The second-order valence-corrected chi connectivity index (χ2v) is 4.66. The molecule has 0 unspecified atom stereocenters. The van der Waals surface area contributed by atoms with Crippen molar-refractivity contribution in [1.29, 1.82) is 0 Å². The molecule has 0 bridgehead atoms. The molecule has 2 rings (SSSR count). The lowest BCUT2D eigenvalue weighted by Crippen LogP contribution is -2.05. The van der Waals surface area contributed by atoms with E-state index in [-0.39, 0.29) is 6.10 Å². The zero-order valence-electron chi connectivity index (χ0n) is 11.8. The average Bonchev–Trinajstić information content (AvgIpc) is 2.37. The standard InChI is InChI=1S/C15H19N3O/c1-10(2)19-13-7-5-6-12(9-13)15-17-11(3)8-14(16-4)18-15/h5-10H,1-4H3,(H,16,17,18). The van der Waals surface area contributed by atoms with Crippen LogP contribution in [-0.4, -0.2) is 23.1 Å². The highest BCUT2D eigenvalue weighted by molar-refractivity contribution is 5.59. The van der Waals surface area contributed by atoms with E-state index in [0.717, 1.165) is 22.8 Å². The second-order valence-electron chi connectivity index (χ2n) is 4.66. The van der Waals surface area contributed by atoms with E-state index in [2.05, 4.69) is 15.3 Å². The molecule has 2 aromatic rings. The lowest BCUT2D eigenvalue weighted by molar-refractivity contribution is 0.242. The number of ether oxygens (including phenoxy) is 1. The first-order chi connectivity index (χ1) is 9.08. The molecule has 0 spiro atoms. The van der Waals surface area contributed by atoms with Crippen molar-refractivity contribution in [2.45, 2.75) is 26.9 Å². The minimum Gasteiger partial charge on any atom is -0.491 e. The van der Waals surface area contributed by atoms with Crippen molar-refractivity contribution in [2.24, 2.45) is 0 Å².